The molecule has 0 bridgehead atoms. The van der Waals surface area contributed by atoms with Crippen molar-refractivity contribution in [3.8, 4) is 0 Å². The van der Waals surface area contributed by atoms with Gasteiger partial charge in [0.25, 0.3) is 5.91 Å². The largest absolute Gasteiger partial charge is 0.334 e. The first-order valence-electron chi connectivity index (χ1n) is 8.58. The first-order valence-corrected chi connectivity index (χ1v) is 9.40. The summed E-state index contributed by atoms with van der Waals surface area (Å²) in [6, 6.07) is 10.1. The molecule has 0 fully saturated rings. The molecule has 2 aromatic heterocycles. The number of aromatic nitrogens is 2. The van der Waals surface area contributed by atoms with Gasteiger partial charge in [-0.05, 0) is 38.3 Å². The fraction of sp³-hybridized carbons (Fsp3) is 0.350. The van der Waals surface area contributed by atoms with Crippen LogP contribution in [0.25, 0.3) is 10.2 Å². The number of fused-ring (bicyclic) bond motifs is 1. The zero-order chi connectivity index (χ0) is 18.0. The van der Waals surface area contributed by atoms with Crippen LogP contribution in [0.5, 0.6) is 0 Å². The first-order chi connectivity index (χ1) is 12.0. The Morgan fingerprint density at radius 2 is 1.84 bits per heavy atom. The Morgan fingerprint density at radius 3 is 2.52 bits per heavy atom. The lowest BCUT2D eigenvalue weighted by molar-refractivity contribution is 0.0747. The van der Waals surface area contributed by atoms with Gasteiger partial charge >= 0.3 is 0 Å². The highest BCUT2D eigenvalue weighted by atomic mass is 32.1. The molecular formula is C20H23N3OS. The highest BCUT2D eigenvalue weighted by molar-refractivity contribution is 7.20. The predicted octanol–water partition coefficient (Wildman–Crippen LogP) is 4.67. The monoisotopic (exact) mass is 353 g/mol. The molecule has 0 aliphatic rings. The van der Waals surface area contributed by atoms with Crippen molar-refractivity contribution in [2.75, 3.05) is 6.54 Å². The fourth-order valence-electron chi connectivity index (χ4n) is 3.15. The van der Waals surface area contributed by atoms with Crippen LogP contribution in [0.15, 0.2) is 30.3 Å². The standard InChI is InChI=1S/C20H23N3OS/c1-5-11-23(12-16-9-7-6-8-10-16)20(24)18-13(2)17-14(3)21-15(4)22-19(17)25-18/h6-10H,5,11-12H2,1-4H3. The van der Waals surface area contributed by atoms with Crippen molar-refractivity contribution in [1.82, 2.24) is 14.9 Å². The van der Waals surface area contributed by atoms with Crippen molar-refractivity contribution >= 4 is 27.5 Å². The number of thiophene rings is 1. The van der Waals surface area contributed by atoms with Crippen LogP contribution in [-0.4, -0.2) is 27.3 Å². The molecule has 0 saturated heterocycles. The molecule has 0 aliphatic carbocycles. The van der Waals surface area contributed by atoms with E-state index in [4.69, 9.17) is 0 Å². The minimum Gasteiger partial charge on any atom is -0.334 e. The summed E-state index contributed by atoms with van der Waals surface area (Å²) < 4.78 is 0. The number of aryl methyl sites for hydroxylation is 3. The summed E-state index contributed by atoms with van der Waals surface area (Å²) in [6.07, 6.45) is 0.931. The second kappa shape index (κ2) is 7.31. The van der Waals surface area contributed by atoms with Crippen LogP contribution in [0, 0.1) is 20.8 Å². The van der Waals surface area contributed by atoms with Crippen LogP contribution in [0.4, 0.5) is 0 Å². The Morgan fingerprint density at radius 1 is 1.12 bits per heavy atom. The number of nitrogens with zero attached hydrogens (tertiary/aromatic N) is 3. The molecule has 0 atom stereocenters. The van der Waals surface area contributed by atoms with Gasteiger partial charge in [0.15, 0.2) is 0 Å². The van der Waals surface area contributed by atoms with Gasteiger partial charge in [-0.1, -0.05) is 37.3 Å². The summed E-state index contributed by atoms with van der Waals surface area (Å²) in [5.74, 6) is 0.836. The molecule has 0 saturated carbocycles. The van der Waals surface area contributed by atoms with E-state index in [0.717, 1.165) is 50.7 Å². The van der Waals surface area contributed by atoms with Crippen molar-refractivity contribution in [2.45, 2.75) is 40.7 Å². The third-order valence-corrected chi connectivity index (χ3v) is 5.45. The van der Waals surface area contributed by atoms with Gasteiger partial charge in [0.05, 0.1) is 4.88 Å². The maximum atomic E-state index is 13.2. The molecular weight excluding hydrogens is 330 g/mol. The molecule has 3 aromatic rings. The topological polar surface area (TPSA) is 46.1 Å². The zero-order valence-electron chi connectivity index (χ0n) is 15.2. The number of hydrogen-bond donors (Lipinski definition) is 0. The smallest absolute Gasteiger partial charge is 0.264 e. The summed E-state index contributed by atoms with van der Waals surface area (Å²) in [4.78, 5) is 25.8. The van der Waals surface area contributed by atoms with E-state index >= 15 is 0 Å². The number of rotatable bonds is 5. The van der Waals surface area contributed by atoms with E-state index in [-0.39, 0.29) is 5.91 Å². The summed E-state index contributed by atoms with van der Waals surface area (Å²) in [6.45, 7) is 9.35. The normalized spacial score (nSPS) is 11.0. The third-order valence-electron chi connectivity index (χ3n) is 4.27. The van der Waals surface area contributed by atoms with Gasteiger partial charge in [-0.2, -0.15) is 0 Å². The highest BCUT2D eigenvalue weighted by Gasteiger charge is 2.23. The molecule has 0 unspecified atom stereocenters. The summed E-state index contributed by atoms with van der Waals surface area (Å²) in [5, 5.41) is 1.02. The molecule has 5 heteroatoms. The molecule has 1 amide bonds. The van der Waals surface area contributed by atoms with Crippen LogP contribution < -0.4 is 0 Å². The molecule has 3 rings (SSSR count). The molecule has 2 heterocycles. The fourth-order valence-corrected chi connectivity index (χ4v) is 4.39. The van der Waals surface area contributed by atoms with Crippen molar-refractivity contribution in [3.63, 3.8) is 0 Å². The average molecular weight is 353 g/mol. The lowest BCUT2D eigenvalue weighted by Gasteiger charge is -2.22. The molecule has 25 heavy (non-hydrogen) atoms. The lowest BCUT2D eigenvalue weighted by atomic mass is 10.1. The highest BCUT2D eigenvalue weighted by Crippen LogP contribution is 2.32. The van der Waals surface area contributed by atoms with Crippen molar-refractivity contribution in [2.24, 2.45) is 0 Å². The van der Waals surface area contributed by atoms with Crippen molar-refractivity contribution in [1.29, 1.82) is 0 Å². The number of amides is 1. The molecule has 0 radical (unpaired) electrons. The minimum atomic E-state index is 0.0863. The second-order valence-corrected chi connectivity index (χ2v) is 7.30. The van der Waals surface area contributed by atoms with E-state index in [9.17, 15) is 4.79 Å². The minimum absolute atomic E-state index is 0.0863. The Balaban J connectivity index is 1.98. The van der Waals surface area contributed by atoms with Crippen LogP contribution >= 0.6 is 11.3 Å². The zero-order valence-corrected chi connectivity index (χ0v) is 16.0. The van der Waals surface area contributed by atoms with Crippen LogP contribution in [-0.2, 0) is 6.54 Å². The number of carbonyl (C=O) groups excluding carboxylic acids is 1. The van der Waals surface area contributed by atoms with Gasteiger partial charge in [-0.15, -0.1) is 11.3 Å². The van der Waals surface area contributed by atoms with Gasteiger partial charge in [0, 0.05) is 24.2 Å². The van der Waals surface area contributed by atoms with Crippen LogP contribution in [0.1, 0.15) is 45.7 Å². The second-order valence-electron chi connectivity index (χ2n) is 6.30. The summed E-state index contributed by atoms with van der Waals surface area (Å²) >= 11 is 1.48. The van der Waals surface area contributed by atoms with Gasteiger partial charge in [-0.25, -0.2) is 9.97 Å². The first kappa shape index (κ1) is 17.5. The van der Waals surface area contributed by atoms with E-state index in [2.05, 4.69) is 29.0 Å². The maximum Gasteiger partial charge on any atom is 0.264 e. The van der Waals surface area contributed by atoms with Gasteiger partial charge in [0.1, 0.15) is 10.7 Å². The lowest BCUT2D eigenvalue weighted by Crippen LogP contribution is -2.31. The molecule has 1 aromatic carbocycles. The summed E-state index contributed by atoms with van der Waals surface area (Å²) in [5.41, 5.74) is 3.09. The molecule has 4 nitrogen and oxygen atoms in total. The Bertz CT molecular complexity index is 902. The van der Waals surface area contributed by atoms with Crippen molar-refractivity contribution < 1.29 is 4.79 Å². The maximum absolute atomic E-state index is 13.2. The average Bonchev–Trinajstić information content (AvgIpc) is 2.91. The van der Waals surface area contributed by atoms with E-state index in [1.165, 1.54) is 11.3 Å². The Labute approximate surface area is 152 Å². The van der Waals surface area contributed by atoms with E-state index in [1.807, 2.05) is 43.9 Å². The van der Waals surface area contributed by atoms with Crippen LogP contribution in [0.2, 0.25) is 0 Å². The van der Waals surface area contributed by atoms with E-state index in [1.54, 1.807) is 0 Å². The van der Waals surface area contributed by atoms with Gasteiger partial charge in [0.2, 0.25) is 0 Å². The molecule has 0 spiro atoms. The quantitative estimate of drug-likeness (QED) is 0.670. The molecule has 0 N–H and O–H groups in total. The van der Waals surface area contributed by atoms with Gasteiger partial charge in [-0.3, -0.25) is 4.79 Å². The van der Waals surface area contributed by atoms with E-state index < -0.39 is 0 Å². The third kappa shape index (κ3) is 3.56. The number of carbonyl (C=O) groups is 1. The molecule has 0 aliphatic heterocycles. The SMILES string of the molecule is CCCN(Cc1ccccc1)C(=O)c1sc2nc(C)nc(C)c2c1C. The Hall–Kier alpha value is -2.27. The summed E-state index contributed by atoms with van der Waals surface area (Å²) in [7, 11) is 0. The van der Waals surface area contributed by atoms with Crippen LogP contribution in [0.3, 0.4) is 0 Å². The van der Waals surface area contributed by atoms with E-state index in [0.29, 0.717) is 6.54 Å². The number of hydrogen-bond acceptors (Lipinski definition) is 4. The molecule has 130 valence electrons. The predicted molar refractivity (Wildman–Crippen MR) is 103 cm³/mol. The van der Waals surface area contributed by atoms with Gasteiger partial charge < -0.3 is 4.90 Å². The van der Waals surface area contributed by atoms with Crippen molar-refractivity contribution in [3.05, 3.63) is 57.9 Å². The number of benzene rings is 1. The Kier molecular flexibility index (Phi) is 5.13.